The van der Waals surface area contributed by atoms with E-state index in [1.54, 1.807) is 0 Å². The molecule has 4 nitrogen and oxygen atoms in total. The number of nitrogens with zero attached hydrogens (tertiary/aromatic N) is 3. The molecule has 2 aromatic rings. The summed E-state index contributed by atoms with van der Waals surface area (Å²) in [5, 5.41) is 8.90. The summed E-state index contributed by atoms with van der Waals surface area (Å²) >= 11 is 7.28. The van der Waals surface area contributed by atoms with Crippen LogP contribution in [0.15, 0.2) is 24.3 Å². The van der Waals surface area contributed by atoms with Gasteiger partial charge in [0.25, 0.3) is 0 Å². The topological polar surface area (TPSA) is 55.0 Å². The van der Waals surface area contributed by atoms with E-state index < -0.39 is 0 Å². The Morgan fingerprint density at radius 2 is 2.21 bits per heavy atom. The van der Waals surface area contributed by atoms with Gasteiger partial charge in [0.1, 0.15) is 5.01 Å². The summed E-state index contributed by atoms with van der Waals surface area (Å²) in [5.41, 5.74) is 8.39. The van der Waals surface area contributed by atoms with Crippen LogP contribution in [-0.4, -0.2) is 23.3 Å². The van der Waals surface area contributed by atoms with Crippen LogP contribution in [0.2, 0.25) is 4.47 Å². The van der Waals surface area contributed by atoms with E-state index in [0.29, 0.717) is 10.4 Å². The molecular weight excluding hydrogens is 280 g/mol. The molecule has 2 N–H and O–H groups in total. The van der Waals surface area contributed by atoms with Gasteiger partial charge in [0.05, 0.1) is 6.54 Å². The lowest BCUT2D eigenvalue weighted by Gasteiger charge is -2.18. The molecule has 19 heavy (non-hydrogen) atoms. The van der Waals surface area contributed by atoms with Crippen LogP contribution in [0.25, 0.3) is 0 Å². The van der Waals surface area contributed by atoms with E-state index in [4.69, 9.17) is 17.3 Å². The third-order valence-electron chi connectivity index (χ3n) is 3.44. The zero-order chi connectivity index (χ0) is 13.2. The highest BCUT2D eigenvalue weighted by Crippen LogP contribution is 2.38. The maximum absolute atomic E-state index is 5.83. The number of hydrogen-bond acceptors (Lipinski definition) is 5. The largest absolute Gasteiger partial charge is 0.364 e. The molecule has 0 spiro atoms. The maximum Gasteiger partial charge on any atom is 0.207 e. The molecule has 0 fully saturated rings. The number of fused-ring (bicyclic) bond motifs is 1. The van der Waals surface area contributed by atoms with Crippen molar-refractivity contribution >= 4 is 28.6 Å². The highest BCUT2D eigenvalue weighted by molar-refractivity contribution is 7.15. The first-order valence-corrected chi connectivity index (χ1v) is 7.49. The molecule has 0 radical (unpaired) electrons. The highest BCUT2D eigenvalue weighted by Gasteiger charge is 2.28. The first-order valence-electron chi connectivity index (χ1n) is 6.29. The zero-order valence-electron chi connectivity index (χ0n) is 10.4. The van der Waals surface area contributed by atoms with E-state index >= 15 is 0 Å². The van der Waals surface area contributed by atoms with Crippen molar-refractivity contribution in [3.05, 3.63) is 39.3 Å². The van der Waals surface area contributed by atoms with Gasteiger partial charge >= 0.3 is 0 Å². The summed E-state index contributed by atoms with van der Waals surface area (Å²) in [6, 6.07) is 8.52. The van der Waals surface area contributed by atoms with Crippen LogP contribution in [0.3, 0.4) is 0 Å². The van der Waals surface area contributed by atoms with Gasteiger partial charge in [0.15, 0.2) is 0 Å². The van der Waals surface area contributed by atoms with Crippen LogP contribution in [0.4, 0.5) is 5.69 Å². The Hall–Kier alpha value is -1.17. The van der Waals surface area contributed by atoms with Crippen LogP contribution in [0.1, 0.15) is 22.9 Å². The second kappa shape index (κ2) is 5.45. The van der Waals surface area contributed by atoms with E-state index in [-0.39, 0.29) is 0 Å². The van der Waals surface area contributed by atoms with Crippen molar-refractivity contribution in [2.45, 2.75) is 18.9 Å². The molecular formula is C13H15ClN4S. The van der Waals surface area contributed by atoms with Gasteiger partial charge in [-0.25, -0.2) is 0 Å². The molecule has 0 aliphatic carbocycles. The van der Waals surface area contributed by atoms with Crippen molar-refractivity contribution in [1.82, 2.24) is 10.2 Å². The fourth-order valence-electron chi connectivity index (χ4n) is 2.64. The van der Waals surface area contributed by atoms with Crippen LogP contribution < -0.4 is 10.6 Å². The van der Waals surface area contributed by atoms with Gasteiger partial charge in [-0.05, 0) is 36.2 Å². The molecule has 1 aliphatic heterocycles. The normalized spacial score (nSPS) is 17.8. The number of anilines is 1. The number of para-hydroxylation sites is 1. The summed E-state index contributed by atoms with van der Waals surface area (Å²) in [5.74, 6) is 0.518. The van der Waals surface area contributed by atoms with E-state index in [2.05, 4.69) is 39.4 Å². The number of rotatable bonds is 4. The predicted octanol–water partition coefficient (Wildman–Crippen LogP) is 2.64. The second-order valence-corrected chi connectivity index (χ2v) is 6.31. The Balaban J connectivity index is 1.84. The standard InChI is InChI=1S/C13H15ClN4S/c14-13-17-16-12(19-13)8-18-7-9(5-6-15)10-3-1-2-4-11(10)18/h1-4,9H,5-8,15H2. The molecule has 3 rings (SSSR count). The Labute approximate surface area is 121 Å². The molecule has 0 saturated heterocycles. The van der Waals surface area contributed by atoms with Gasteiger partial charge in [-0.2, -0.15) is 0 Å². The lowest BCUT2D eigenvalue weighted by molar-refractivity contribution is 0.642. The molecule has 1 aromatic carbocycles. The average Bonchev–Trinajstić information content (AvgIpc) is 2.97. The zero-order valence-corrected chi connectivity index (χ0v) is 12.0. The minimum Gasteiger partial charge on any atom is -0.364 e. The van der Waals surface area contributed by atoms with Crippen molar-refractivity contribution in [1.29, 1.82) is 0 Å². The first kappa shape index (κ1) is 12.8. The molecule has 0 saturated carbocycles. The lowest BCUT2D eigenvalue weighted by Crippen LogP contribution is -2.22. The number of nitrogens with two attached hydrogens (primary N) is 1. The summed E-state index contributed by atoms with van der Waals surface area (Å²) in [6.45, 7) is 2.48. The highest BCUT2D eigenvalue weighted by atomic mass is 35.5. The van der Waals surface area contributed by atoms with Crippen LogP contribution >= 0.6 is 22.9 Å². The van der Waals surface area contributed by atoms with Crippen molar-refractivity contribution in [2.75, 3.05) is 18.0 Å². The second-order valence-electron chi connectivity index (χ2n) is 4.66. The Morgan fingerprint density at radius 1 is 1.37 bits per heavy atom. The van der Waals surface area contributed by atoms with E-state index in [0.717, 1.165) is 31.1 Å². The Kier molecular flexibility index (Phi) is 3.68. The molecule has 1 unspecified atom stereocenters. The van der Waals surface area contributed by atoms with Crippen LogP contribution in [0, 0.1) is 0 Å². The van der Waals surface area contributed by atoms with Crippen molar-refractivity contribution in [2.24, 2.45) is 5.73 Å². The fraction of sp³-hybridized carbons (Fsp3) is 0.385. The van der Waals surface area contributed by atoms with Crippen molar-refractivity contribution in [3.63, 3.8) is 0 Å². The first-order chi connectivity index (χ1) is 9.28. The molecule has 2 heterocycles. The summed E-state index contributed by atoms with van der Waals surface area (Å²) in [4.78, 5) is 2.34. The number of aromatic nitrogens is 2. The molecule has 1 aromatic heterocycles. The van der Waals surface area contributed by atoms with Gasteiger partial charge in [0, 0.05) is 18.2 Å². The Bertz CT molecular complexity index is 571. The van der Waals surface area contributed by atoms with E-state index in [1.165, 1.54) is 22.6 Å². The SMILES string of the molecule is NCCC1CN(Cc2nnc(Cl)s2)c2ccccc21. The van der Waals surface area contributed by atoms with E-state index in [1.807, 2.05) is 0 Å². The fourth-order valence-corrected chi connectivity index (χ4v) is 3.52. The molecule has 0 amide bonds. The number of hydrogen-bond donors (Lipinski definition) is 1. The third kappa shape index (κ3) is 2.59. The number of halogens is 1. The molecule has 1 atom stereocenters. The average molecular weight is 295 g/mol. The third-order valence-corrected chi connectivity index (χ3v) is 4.44. The lowest BCUT2D eigenvalue weighted by atomic mass is 9.98. The minimum absolute atomic E-state index is 0.501. The van der Waals surface area contributed by atoms with Gasteiger partial charge < -0.3 is 10.6 Å². The Morgan fingerprint density at radius 3 is 2.95 bits per heavy atom. The molecule has 6 heteroatoms. The number of benzene rings is 1. The quantitative estimate of drug-likeness (QED) is 0.942. The van der Waals surface area contributed by atoms with Crippen LogP contribution in [-0.2, 0) is 6.54 Å². The summed E-state index contributed by atoms with van der Waals surface area (Å²) in [6.07, 6.45) is 1.02. The van der Waals surface area contributed by atoms with Crippen LogP contribution in [0.5, 0.6) is 0 Å². The van der Waals surface area contributed by atoms with Gasteiger partial charge in [-0.1, -0.05) is 29.5 Å². The van der Waals surface area contributed by atoms with E-state index in [9.17, 15) is 0 Å². The summed E-state index contributed by atoms with van der Waals surface area (Å²) in [7, 11) is 0. The monoisotopic (exact) mass is 294 g/mol. The van der Waals surface area contributed by atoms with Gasteiger partial charge in [-0.15, -0.1) is 10.2 Å². The predicted molar refractivity (Wildman–Crippen MR) is 78.8 cm³/mol. The van der Waals surface area contributed by atoms with Crippen molar-refractivity contribution in [3.8, 4) is 0 Å². The molecule has 1 aliphatic rings. The van der Waals surface area contributed by atoms with Crippen molar-refractivity contribution < 1.29 is 0 Å². The van der Waals surface area contributed by atoms with Gasteiger partial charge in [-0.3, -0.25) is 0 Å². The summed E-state index contributed by atoms with van der Waals surface area (Å²) < 4.78 is 0.501. The molecule has 0 bridgehead atoms. The smallest absolute Gasteiger partial charge is 0.207 e. The van der Waals surface area contributed by atoms with Gasteiger partial charge in [0.2, 0.25) is 4.47 Å². The maximum atomic E-state index is 5.83. The molecule has 100 valence electrons. The minimum atomic E-state index is 0.501.